The van der Waals surface area contributed by atoms with Crippen molar-refractivity contribution in [3.63, 3.8) is 0 Å². The number of para-hydroxylation sites is 1. The SMILES string of the molecule is CC(C)C1=C(C(C)(C)C)N(c2cccc(Oc3ccc4c5ccccc5n(-c5cc(C(C)(C)C)ccn5)c4c3)c2)CN1c1cccc(-c2c(C(C)C)cc(C(C)C)cc2C(C)C)c1. The summed E-state index contributed by atoms with van der Waals surface area (Å²) in [7, 11) is 0. The number of hydrogen-bond donors (Lipinski definition) is 0. The lowest BCUT2D eigenvalue weighted by molar-refractivity contribution is 0.478. The first-order chi connectivity index (χ1) is 29.8. The Morgan fingerprint density at radius 1 is 0.540 bits per heavy atom. The number of ether oxygens (including phenoxy) is 1. The zero-order valence-corrected chi connectivity index (χ0v) is 40.3. The van der Waals surface area contributed by atoms with E-state index >= 15 is 0 Å². The number of benzene rings is 5. The molecule has 0 unspecified atom stereocenters. The molecule has 2 aromatic heterocycles. The standard InChI is InChI=1S/C58H68N4O/c1-36(2)41-30-49(37(3)4)54(50(31-41)38(5)6)40-19-17-20-43(29-40)60-35-61(56(58(12,13)14)55(60)39(7)8)44-21-18-22-45(33-44)63-46-25-26-48-47-23-15-16-24-51(47)62(52(48)34-46)53-32-42(27-28-59-53)57(9,10)11/h15-34,36-39H,35H2,1-14H3. The number of anilines is 2. The van der Waals surface area contributed by atoms with E-state index in [0.29, 0.717) is 30.3 Å². The first kappa shape index (κ1) is 43.8. The molecule has 0 saturated heterocycles. The summed E-state index contributed by atoms with van der Waals surface area (Å²) in [6.45, 7) is 33.1. The smallest absolute Gasteiger partial charge is 0.137 e. The topological polar surface area (TPSA) is 33.5 Å². The second-order valence-electron chi connectivity index (χ2n) is 21.0. The lowest BCUT2D eigenvalue weighted by Crippen LogP contribution is -2.30. The molecule has 5 aromatic carbocycles. The number of aromatic nitrogens is 2. The molecule has 8 rings (SSSR count). The molecule has 5 heteroatoms. The van der Waals surface area contributed by atoms with Crippen molar-refractivity contribution in [2.24, 2.45) is 11.3 Å². The fourth-order valence-corrected chi connectivity index (χ4v) is 9.60. The highest BCUT2D eigenvalue weighted by Gasteiger charge is 2.38. The predicted octanol–water partition coefficient (Wildman–Crippen LogP) is 16.5. The van der Waals surface area contributed by atoms with Crippen molar-refractivity contribution in [2.75, 3.05) is 16.5 Å². The third-order valence-corrected chi connectivity index (χ3v) is 12.8. The number of allylic oxidation sites excluding steroid dienone is 2. The molecule has 1 aliphatic heterocycles. The van der Waals surface area contributed by atoms with Gasteiger partial charge in [-0.1, -0.05) is 145 Å². The molecule has 63 heavy (non-hydrogen) atoms. The van der Waals surface area contributed by atoms with Gasteiger partial charge in [0.1, 0.15) is 17.3 Å². The quantitative estimate of drug-likeness (QED) is 0.137. The van der Waals surface area contributed by atoms with Crippen LogP contribution in [0.25, 0.3) is 38.8 Å². The van der Waals surface area contributed by atoms with Gasteiger partial charge < -0.3 is 14.5 Å². The molecule has 0 radical (unpaired) electrons. The molecule has 0 spiro atoms. The Balaban J connectivity index is 1.18. The van der Waals surface area contributed by atoms with Crippen LogP contribution >= 0.6 is 0 Å². The van der Waals surface area contributed by atoms with Crippen LogP contribution in [0.15, 0.2) is 133 Å². The van der Waals surface area contributed by atoms with Gasteiger partial charge >= 0.3 is 0 Å². The summed E-state index contributed by atoms with van der Waals surface area (Å²) in [4.78, 5) is 9.97. The van der Waals surface area contributed by atoms with Gasteiger partial charge in [-0.05, 0) is 117 Å². The minimum Gasteiger partial charge on any atom is -0.457 e. The molecule has 0 N–H and O–H groups in total. The van der Waals surface area contributed by atoms with E-state index in [0.717, 1.165) is 34.0 Å². The molecule has 5 nitrogen and oxygen atoms in total. The molecule has 0 aliphatic carbocycles. The number of fused-ring (bicyclic) bond motifs is 3. The zero-order valence-electron chi connectivity index (χ0n) is 40.3. The van der Waals surface area contributed by atoms with E-state index in [-0.39, 0.29) is 10.8 Å². The van der Waals surface area contributed by atoms with E-state index in [9.17, 15) is 0 Å². The van der Waals surface area contributed by atoms with Crippen LogP contribution in [0.1, 0.15) is 137 Å². The average Bonchev–Trinajstić information content (AvgIpc) is 3.81. The first-order valence-corrected chi connectivity index (χ1v) is 23.2. The maximum atomic E-state index is 6.82. The molecule has 0 atom stereocenters. The van der Waals surface area contributed by atoms with Gasteiger partial charge in [-0.3, -0.25) is 4.57 Å². The average molecular weight is 837 g/mol. The molecular formula is C58H68N4O. The second-order valence-corrected chi connectivity index (χ2v) is 21.0. The third kappa shape index (κ3) is 8.40. The van der Waals surface area contributed by atoms with Crippen molar-refractivity contribution in [2.45, 2.75) is 120 Å². The van der Waals surface area contributed by atoms with Gasteiger partial charge in [0.2, 0.25) is 0 Å². The minimum atomic E-state index is -0.123. The van der Waals surface area contributed by atoms with Gasteiger partial charge in [0.15, 0.2) is 0 Å². The van der Waals surface area contributed by atoms with Gasteiger partial charge in [0.25, 0.3) is 0 Å². The molecule has 3 heterocycles. The molecule has 0 bridgehead atoms. The molecule has 0 amide bonds. The maximum absolute atomic E-state index is 6.82. The predicted molar refractivity (Wildman–Crippen MR) is 269 cm³/mol. The van der Waals surface area contributed by atoms with Crippen LogP contribution in [0.2, 0.25) is 0 Å². The van der Waals surface area contributed by atoms with Crippen LogP contribution in [-0.4, -0.2) is 16.2 Å². The highest BCUT2D eigenvalue weighted by atomic mass is 16.5. The van der Waals surface area contributed by atoms with Gasteiger partial charge in [0.05, 0.1) is 17.7 Å². The molecule has 1 aliphatic rings. The molecular weight excluding hydrogens is 769 g/mol. The third-order valence-electron chi connectivity index (χ3n) is 12.8. The van der Waals surface area contributed by atoms with Gasteiger partial charge in [0, 0.05) is 57.3 Å². The summed E-state index contributed by atoms with van der Waals surface area (Å²) in [5.74, 6) is 4.08. The minimum absolute atomic E-state index is 0.000747. The van der Waals surface area contributed by atoms with Crippen LogP contribution in [-0.2, 0) is 5.41 Å². The van der Waals surface area contributed by atoms with Crippen molar-refractivity contribution in [3.05, 3.63) is 155 Å². The molecule has 0 fully saturated rings. The zero-order chi connectivity index (χ0) is 45.1. The molecule has 0 saturated carbocycles. The summed E-state index contributed by atoms with van der Waals surface area (Å²) in [5.41, 5.74) is 15.3. The molecule has 7 aromatic rings. The monoisotopic (exact) mass is 837 g/mol. The van der Waals surface area contributed by atoms with Crippen molar-refractivity contribution >= 4 is 33.2 Å². The maximum Gasteiger partial charge on any atom is 0.137 e. The highest BCUT2D eigenvalue weighted by Crippen LogP contribution is 2.47. The van der Waals surface area contributed by atoms with Crippen LogP contribution in [0.5, 0.6) is 11.5 Å². The van der Waals surface area contributed by atoms with Crippen molar-refractivity contribution < 1.29 is 4.74 Å². The van der Waals surface area contributed by atoms with E-state index in [1.165, 1.54) is 61.2 Å². The summed E-state index contributed by atoms with van der Waals surface area (Å²) >= 11 is 0. The highest BCUT2D eigenvalue weighted by molar-refractivity contribution is 6.09. The van der Waals surface area contributed by atoms with Crippen molar-refractivity contribution in [1.29, 1.82) is 0 Å². The lowest BCUT2D eigenvalue weighted by atomic mass is 9.81. The van der Waals surface area contributed by atoms with Crippen molar-refractivity contribution in [3.8, 4) is 28.4 Å². The summed E-state index contributed by atoms with van der Waals surface area (Å²) in [6.07, 6.45) is 1.93. The number of rotatable bonds is 10. The van der Waals surface area contributed by atoms with Crippen LogP contribution < -0.4 is 14.5 Å². The van der Waals surface area contributed by atoms with E-state index < -0.39 is 0 Å². The Labute approximate surface area is 377 Å². The number of pyridine rings is 1. The summed E-state index contributed by atoms with van der Waals surface area (Å²) in [5, 5.41) is 2.37. The van der Waals surface area contributed by atoms with Crippen LogP contribution in [0.4, 0.5) is 11.4 Å². The summed E-state index contributed by atoms with van der Waals surface area (Å²) < 4.78 is 9.09. The molecule has 326 valence electrons. The normalized spacial score (nSPS) is 13.9. The van der Waals surface area contributed by atoms with Crippen LogP contribution in [0.3, 0.4) is 0 Å². The number of nitrogens with zero attached hydrogens (tertiary/aromatic N) is 4. The van der Waals surface area contributed by atoms with E-state index in [2.05, 4.69) is 227 Å². The number of hydrogen-bond acceptors (Lipinski definition) is 4. The van der Waals surface area contributed by atoms with E-state index in [4.69, 9.17) is 9.72 Å². The van der Waals surface area contributed by atoms with E-state index in [1.807, 2.05) is 6.20 Å². The largest absolute Gasteiger partial charge is 0.457 e. The van der Waals surface area contributed by atoms with E-state index in [1.54, 1.807) is 0 Å². The summed E-state index contributed by atoms with van der Waals surface area (Å²) in [6, 6.07) is 42.3. The first-order valence-electron chi connectivity index (χ1n) is 23.2. The Bertz CT molecular complexity index is 2810. The van der Waals surface area contributed by atoms with Gasteiger partial charge in [-0.25, -0.2) is 4.98 Å². The Morgan fingerprint density at radius 3 is 1.81 bits per heavy atom. The van der Waals surface area contributed by atoms with Crippen LogP contribution in [0, 0.1) is 11.3 Å². The fraction of sp³-hybridized carbons (Fsp3) is 0.362. The lowest BCUT2D eigenvalue weighted by Gasteiger charge is -2.31. The Morgan fingerprint density at radius 2 is 1.17 bits per heavy atom. The Hall–Kier alpha value is -5.81. The van der Waals surface area contributed by atoms with Gasteiger partial charge in [-0.15, -0.1) is 0 Å². The fourth-order valence-electron chi connectivity index (χ4n) is 9.60. The Kier molecular flexibility index (Phi) is 11.6. The van der Waals surface area contributed by atoms with Gasteiger partial charge in [-0.2, -0.15) is 0 Å². The van der Waals surface area contributed by atoms with Crippen molar-refractivity contribution in [1.82, 2.24) is 9.55 Å². The second kappa shape index (κ2) is 16.7.